The molecule has 7 nitrogen and oxygen atoms in total. The number of aromatic nitrogens is 4. The lowest BCUT2D eigenvalue weighted by molar-refractivity contribution is -0.137. The van der Waals surface area contributed by atoms with E-state index in [1.54, 1.807) is 24.5 Å². The molecule has 0 aliphatic heterocycles. The van der Waals surface area contributed by atoms with E-state index in [2.05, 4.69) is 35.8 Å². The maximum atomic E-state index is 14.4. The lowest BCUT2D eigenvalue weighted by Gasteiger charge is -2.10. The van der Waals surface area contributed by atoms with Crippen LogP contribution in [0.25, 0.3) is 11.3 Å². The highest BCUT2D eigenvalue weighted by molar-refractivity contribution is 5.78. The van der Waals surface area contributed by atoms with Crippen LogP contribution in [0.15, 0.2) is 72.4 Å². The average molecular weight is 493 g/mol. The fourth-order valence-corrected chi connectivity index (χ4v) is 3.50. The SMILES string of the molecule is Fc1cnc(N/N=C/c2ccc(Nc3cccc(C(F)(F)F)c3)cn2)nc1-c1cncc(C2CC2)c1. The monoisotopic (exact) mass is 493 g/mol. The number of nitrogens with one attached hydrogen (secondary N) is 2. The number of benzene rings is 1. The number of pyridine rings is 2. The van der Waals surface area contributed by atoms with Gasteiger partial charge in [0.05, 0.1) is 35.6 Å². The van der Waals surface area contributed by atoms with Gasteiger partial charge in [-0.3, -0.25) is 9.97 Å². The van der Waals surface area contributed by atoms with Gasteiger partial charge in [-0.25, -0.2) is 19.8 Å². The smallest absolute Gasteiger partial charge is 0.354 e. The van der Waals surface area contributed by atoms with Crippen LogP contribution in [-0.4, -0.2) is 26.2 Å². The minimum Gasteiger partial charge on any atom is -0.354 e. The molecule has 0 unspecified atom stereocenters. The summed E-state index contributed by atoms with van der Waals surface area (Å²) >= 11 is 0. The van der Waals surface area contributed by atoms with E-state index < -0.39 is 17.6 Å². The van der Waals surface area contributed by atoms with Gasteiger partial charge in [0, 0.05) is 23.6 Å². The molecule has 0 spiro atoms. The number of anilines is 3. The van der Waals surface area contributed by atoms with Gasteiger partial charge in [0.15, 0.2) is 5.82 Å². The Bertz CT molecular complexity index is 1400. The average Bonchev–Trinajstić information content (AvgIpc) is 3.72. The van der Waals surface area contributed by atoms with E-state index in [0.717, 1.165) is 36.7 Å². The van der Waals surface area contributed by atoms with Crippen molar-refractivity contribution in [3.8, 4) is 11.3 Å². The normalized spacial score (nSPS) is 13.7. The van der Waals surface area contributed by atoms with Crippen molar-refractivity contribution in [3.05, 3.63) is 89.9 Å². The van der Waals surface area contributed by atoms with Crippen LogP contribution in [0.1, 0.15) is 35.6 Å². The second kappa shape index (κ2) is 9.68. The molecule has 0 radical (unpaired) electrons. The maximum Gasteiger partial charge on any atom is 0.416 e. The van der Waals surface area contributed by atoms with Gasteiger partial charge in [-0.15, -0.1) is 0 Å². The zero-order valence-corrected chi connectivity index (χ0v) is 18.7. The molecular formula is C25H19F4N7. The highest BCUT2D eigenvalue weighted by Crippen LogP contribution is 2.40. The molecule has 1 aromatic carbocycles. The van der Waals surface area contributed by atoms with Crippen molar-refractivity contribution in [2.45, 2.75) is 24.9 Å². The molecular weight excluding hydrogens is 474 g/mol. The van der Waals surface area contributed by atoms with Crippen LogP contribution >= 0.6 is 0 Å². The van der Waals surface area contributed by atoms with E-state index in [1.807, 2.05) is 6.07 Å². The summed E-state index contributed by atoms with van der Waals surface area (Å²) in [5.74, 6) is 0.01000. The maximum absolute atomic E-state index is 14.4. The van der Waals surface area contributed by atoms with E-state index in [4.69, 9.17) is 0 Å². The molecule has 0 bridgehead atoms. The first-order valence-electron chi connectivity index (χ1n) is 11.0. The summed E-state index contributed by atoms with van der Waals surface area (Å²) in [5, 5.41) is 6.92. The van der Waals surface area contributed by atoms with Gasteiger partial charge in [0.1, 0.15) is 5.69 Å². The molecule has 36 heavy (non-hydrogen) atoms. The summed E-state index contributed by atoms with van der Waals surface area (Å²) in [6, 6.07) is 10.1. The van der Waals surface area contributed by atoms with Crippen molar-refractivity contribution in [1.82, 2.24) is 19.9 Å². The van der Waals surface area contributed by atoms with Gasteiger partial charge >= 0.3 is 6.18 Å². The van der Waals surface area contributed by atoms with Crippen LogP contribution in [0.3, 0.4) is 0 Å². The summed E-state index contributed by atoms with van der Waals surface area (Å²) in [6.07, 6.45) is 5.08. The van der Waals surface area contributed by atoms with Crippen LogP contribution in [0.2, 0.25) is 0 Å². The molecule has 4 aromatic rings. The number of hydrogen-bond acceptors (Lipinski definition) is 7. The van der Waals surface area contributed by atoms with Gasteiger partial charge in [0.25, 0.3) is 0 Å². The third-order valence-electron chi connectivity index (χ3n) is 5.45. The summed E-state index contributed by atoms with van der Waals surface area (Å²) in [7, 11) is 0. The van der Waals surface area contributed by atoms with E-state index in [0.29, 0.717) is 22.9 Å². The molecule has 1 saturated carbocycles. The van der Waals surface area contributed by atoms with Crippen LogP contribution in [0.4, 0.5) is 34.9 Å². The molecule has 0 saturated heterocycles. The molecule has 3 heterocycles. The molecule has 11 heteroatoms. The van der Waals surface area contributed by atoms with E-state index in [1.165, 1.54) is 24.5 Å². The number of hydrazone groups is 1. The zero-order valence-electron chi connectivity index (χ0n) is 18.7. The molecule has 0 atom stereocenters. The molecule has 182 valence electrons. The van der Waals surface area contributed by atoms with Crippen LogP contribution in [-0.2, 0) is 6.18 Å². The summed E-state index contributed by atoms with van der Waals surface area (Å²) in [6.45, 7) is 0. The second-order valence-corrected chi connectivity index (χ2v) is 8.22. The molecule has 1 aliphatic rings. The van der Waals surface area contributed by atoms with Gasteiger partial charge < -0.3 is 5.32 Å². The van der Waals surface area contributed by atoms with E-state index in [9.17, 15) is 17.6 Å². The summed E-state index contributed by atoms with van der Waals surface area (Å²) < 4.78 is 53.0. The number of hydrogen-bond donors (Lipinski definition) is 2. The second-order valence-electron chi connectivity index (χ2n) is 8.22. The predicted octanol–water partition coefficient (Wildman–Crippen LogP) is 6.16. The Morgan fingerprint density at radius 2 is 1.81 bits per heavy atom. The first-order valence-corrected chi connectivity index (χ1v) is 11.0. The number of nitrogens with zero attached hydrogens (tertiary/aromatic N) is 5. The molecule has 3 aromatic heterocycles. The Kier molecular flexibility index (Phi) is 6.28. The fraction of sp³-hybridized carbons (Fsp3) is 0.160. The minimum atomic E-state index is -4.42. The standard InChI is InChI=1S/C25H19F4N7/c26-22-14-32-24(35-23(22)17-8-16(10-30-11-17)15-4-5-15)36-33-13-20-6-7-21(12-31-20)34-19-3-1-2-18(9-19)25(27,28)29/h1-3,6-15,34H,4-5H2,(H,32,35,36)/b33-13+. The van der Waals surface area contributed by atoms with Gasteiger partial charge in [0.2, 0.25) is 5.95 Å². The molecule has 0 amide bonds. The van der Waals surface area contributed by atoms with Crippen molar-refractivity contribution < 1.29 is 17.6 Å². The first-order chi connectivity index (χ1) is 17.3. The van der Waals surface area contributed by atoms with Crippen LogP contribution in [0.5, 0.6) is 0 Å². The van der Waals surface area contributed by atoms with E-state index in [-0.39, 0.29) is 17.3 Å². The summed E-state index contributed by atoms with van der Waals surface area (Å²) in [5.41, 5.74) is 4.94. The number of alkyl halides is 3. The van der Waals surface area contributed by atoms with Crippen molar-refractivity contribution in [3.63, 3.8) is 0 Å². The van der Waals surface area contributed by atoms with Crippen LogP contribution in [0, 0.1) is 5.82 Å². The Morgan fingerprint density at radius 3 is 2.56 bits per heavy atom. The van der Waals surface area contributed by atoms with E-state index >= 15 is 0 Å². The third kappa shape index (κ3) is 5.62. The molecule has 1 fully saturated rings. The fourth-order valence-electron chi connectivity index (χ4n) is 3.50. The van der Waals surface area contributed by atoms with Gasteiger partial charge in [-0.2, -0.15) is 18.3 Å². The van der Waals surface area contributed by atoms with Crippen LogP contribution < -0.4 is 10.7 Å². The Hall–Kier alpha value is -4.41. The largest absolute Gasteiger partial charge is 0.416 e. The van der Waals surface area contributed by atoms with Gasteiger partial charge in [-0.1, -0.05) is 6.07 Å². The zero-order chi connectivity index (χ0) is 25.1. The van der Waals surface area contributed by atoms with Crippen molar-refractivity contribution >= 4 is 23.5 Å². The Labute approximate surface area is 203 Å². The third-order valence-corrected chi connectivity index (χ3v) is 5.45. The number of rotatable bonds is 7. The lowest BCUT2D eigenvalue weighted by Crippen LogP contribution is -2.05. The highest BCUT2D eigenvalue weighted by atomic mass is 19.4. The molecule has 2 N–H and O–H groups in total. The number of halogens is 4. The van der Waals surface area contributed by atoms with Crippen molar-refractivity contribution in [1.29, 1.82) is 0 Å². The van der Waals surface area contributed by atoms with Crippen molar-refractivity contribution in [2.24, 2.45) is 5.10 Å². The van der Waals surface area contributed by atoms with Crippen molar-refractivity contribution in [2.75, 3.05) is 10.7 Å². The predicted molar refractivity (Wildman–Crippen MR) is 127 cm³/mol. The molecule has 5 rings (SSSR count). The quantitative estimate of drug-likeness (QED) is 0.182. The molecule has 1 aliphatic carbocycles. The first kappa shape index (κ1) is 23.3. The minimum absolute atomic E-state index is 0.0994. The highest BCUT2D eigenvalue weighted by Gasteiger charge is 2.30. The van der Waals surface area contributed by atoms with Gasteiger partial charge in [-0.05, 0) is 60.7 Å². The lowest BCUT2D eigenvalue weighted by atomic mass is 10.1. The Morgan fingerprint density at radius 1 is 0.944 bits per heavy atom. The Balaban J connectivity index is 1.23. The topological polar surface area (TPSA) is 88.0 Å². The summed E-state index contributed by atoms with van der Waals surface area (Å²) in [4.78, 5) is 16.5.